The summed E-state index contributed by atoms with van der Waals surface area (Å²) in [5.41, 5.74) is 2.39. The smallest absolute Gasteiger partial charge is 0.270 e. The average Bonchev–Trinajstić information content (AvgIpc) is 3.07. The van der Waals surface area contributed by atoms with Crippen LogP contribution in [0.1, 0.15) is 11.1 Å². The number of ether oxygens (including phenoxy) is 2. The first-order valence-corrected chi connectivity index (χ1v) is 13.3. The lowest BCUT2D eigenvalue weighted by atomic mass is 10.2. The van der Waals surface area contributed by atoms with E-state index in [2.05, 4.69) is 31.9 Å². The van der Waals surface area contributed by atoms with E-state index in [4.69, 9.17) is 44.9 Å². The SMILES string of the molecule is COc1ccc(N2C(=O)/C(=C\c3cc(Br)c(OCc4ccc(Cl)cc4)c(Br)c3)SC2=S)cc1Cl. The zero-order valence-corrected chi connectivity index (χ0v) is 23.8. The second-order valence-corrected chi connectivity index (χ2v) is 11.3. The summed E-state index contributed by atoms with van der Waals surface area (Å²) in [6.07, 6.45) is 1.79. The topological polar surface area (TPSA) is 38.8 Å². The van der Waals surface area contributed by atoms with Crippen molar-refractivity contribution in [2.75, 3.05) is 12.0 Å². The Hall–Kier alpha value is -1.55. The number of nitrogens with zero attached hydrogens (tertiary/aromatic N) is 1. The minimum absolute atomic E-state index is 0.216. The first-order valence-electron chi connectivity index (χ1n) is 9.74. The normalized spacial score (nSPS) is 14.7. The molecule has 1 aliphatic rings. The maximum atomic E-state index is 13.1. The van der Waals surface area contributed by atoms with Gasteiger partial charge in [0.1, 0.15) is 18.1 Å². The summed E-state index contributed by atoms with van der Waals surface area (Å²) in [5, 5.41) is 1.08. The number of amides is 1. The number of carbonyl (C=O) groups excluding carboxylic acids is 1. The zero-order valence-electron chi connectivity index (χ0n) is 17.5. The van der Waals surface area contributed by atoms with Crippen molar-refractivity contribution in [1.82, 2.24) is 0 Å². The summed E-state index contributed by atoms with van der Waals surface area (Å²) in [6, 6.07) is 16.4. The Bertz CT molecular complexity index is 1290. The van der Waals surface area contributed by atoms with Gasteiger partial charge in [0.15, 0.2) is 4.32 Å². The van der Waals surface area contributed by atoms with E-state index in [0.29, 0.717) is 43.1 Å². The van der Waals surface area contributed by atoms with E-state index in [1.54, 1.807) is 24.3 Å². The number of anilines is 1. The summed E-state index contributed by atoms with van der Waals surface area (Å²) >= 11 is 26.0. The van der Waals surface area contributed by atoms with Gasteiger partial charge >= 0.3 is 0 Å². The molecule has 0 saturated carbocycles. The Morgan fingerprint density at radius 1 is 1.06 bits per heavy atom. The standard InChI is InChI=1S/C24H15Br2Cl2NO3S2/c1-31-20-7-6-16(11-19(20)28)29-23(30)21(34-24(29)33)10-14-8-17(25)22(18(26)9-14)32-12-13-2-4-15(27)5-3-13/h2-11H,12H2,1H3/b21-10+. The van der Waals surface area contributed by atoms with Gasteiger partial charge in [-0.05, 0) is 91.5 Å². The molecule has 34 heavy (non-hydrogen) atoms. The minimum atomic E-state index is -0.216. The first kappa shape index (κ1) is 25.5. The fourth-order valence-electron chi connectivity index (χ4n) is 3.17. The Morgan fingerprint density at radius 3 is 2.35 bits per heavy atom. The quantitative estimate of drug-likeness (QED) is 0.196. The number of hydrogen-bond acceptors (Lipinski definition) is 5. The van der Waals surface area contributed by atoms with Crippen LogP contribution in [0.4, 0.5) is 5.69 Å². The number of halogens is 4. The van der Waals surface area contributed by atoms with Crippen molar-refractivity contribution >= 4 is 101 Å². The predicted octanol–water partition coefficient (Wildman–Crippen LogP) is 8.51. The predicted molar refractivity (Wildman–Crippen MR) is 151 cm³/mol. The number of benzene rings is 3. The van der Waals surface area contributed by atoms with E-state index in [9.17, 15) is 4.79 Å². The van der Waals surface area contributed by atoms with Crippen molar-refractivity contribution < 1.29 is 14.3 Å². The van der Waals surface area contributed by atoms with Gasteiger partial charge in [0.2, 0.25) is 0 Å². The minimum Gasteiger partial charge on any atom is -0.495 e. The van der Waals surface area contributed by atoms with Crippen molar-refractivity contribution in [3.63, 3.8) is 0 Å². The van der Waals surface area contributed by atoms with Crippen molar-refractivity contribution in [2.24, 2.45) is 0 Å². The molecule has 1 saturated heterocycles. The number of hydrogen-bond donors (Lipinski definition) is 0. The molecule has 3 aromatic carbocycles. The van der Waals surface area contributed by atoms with Crippen molar-refractivity contribution in [2.45, 2.75) is 6.61 Å². The lowest BCUT2D eigenvalue weighted by Gasteiger charge is -2.15. The Morgan fingerprint density at radius 2 is 1.74 bits per heavy atom. The number of carbonyl (C=O) groups is 1. The second kappa shape index (κ2) is 11.0. The van der Waals surface area contributed by atoms with Crippen LogP contribution in [0.3, 0.4) is 0 Å². The fourth-order valence-corrected chi connectivity index (χ4v) is 6.30. The number of thioether (sulfide) groups is 1. The fraction of sp³-hybridized carbons (Fsp3) is 0.0833. The molecule has 1 amide bonds. The van der Waals surface area contributed by atoms with Crippen LogP contribution < -0.4 is 14.4 Å². The molecule has 0 unspecified atom stereocenters. The average molecular weight is 660 g/mol. The van der Waals surface area contributed by atoms with E-state index in [-0.39, 0.29) is 5.91 Å². The summed E-state index contributed by atoms with van der Waals surface area (Å²) in [5.74, 6) is 0.971. The molecule has 10 heteroatoms. The van der Waals surface area contributed by atoms with E-state index >= 15 is 0 Å². The van der Waals surface area contributed by atoms with E-state index < -0.39 is 0 Å². The molecule has 0 spiro atoms. The third kappa shape index (κ3) is 5.64. The van der Waals surface area contributed by atoms with Gasteiger partial charge in [0.25, 0.3) is 5.91 Å². The molecule has 3 aromatic rings. The molecule has 0 N–H and O–H groups in total. The molecule has 1 heterocycles. The lowest BCUT2D eigenvalue weighted by Crippen LogP contribution is -2.27. The Kier molecular flexibility index (Phi) is 8.28. The van der Waals surface area contributed by atoms with Gasteiger partial charge in [0.05, 0.1) is 31.7 Å². The third-order valence-corrected chi connectivity index (χ3v) is 7.83. The van der Waals surface area contributed by atoms with Gasteiger partial charge in [-0.15, -0.1) is 0 Å². The van der Waals surface area contributed by atoms with Crippen LogP contribution in [0.25, 0.3) is 6.08 Å². The molecule has 1 aliphatic heterocycles. The maximum absolute atomic E-state index is 13.1. The van der Waals surface area contributed by atoms with Gasteiger partial charge in [-0.1, -0.05) is 59.3 Å². The molecule has 0 atom stereocenters. The van der Waals surface area contributed by atoms with Crippen molar-refractivity contribution in [3.8, 4) is 11.5 Å². The molecular formula is C24H15Br2Cl2NO3S2. The number of methoxy groups -OCH3 is 1. The zero-order chi connectivity index (χ0) is 24.4. The first-order chi connectivity index (χ1) is 16.3. The molecule has 0 aliphatic carbocycles. The molecule has 174 valence electrons. The summed E-state index contributed by atoms with van der Waals surface area (Å²) < 4.78 is 13.1. The van der Waals surface area contributed by atoms with Gasteiger partial charge in [-0.25, -0.2) is 0 Å². The van der Waals surface area contributed by atoms with Crippen LogP contribution in [0.15, 0.2) is 68.4 Å². The molecule has 4 nitrogen and oxygen atoms in total. The number of thiocarbonyl (C=S) groups is 1. The van der Waals surface area contributed by atoms with Gasteiger partial charge in [-0.3, -0.25) is 9.69 Å². The van der Waals surface area contributed by atoms with Crippen LogP contribution >= 0.6 is 79.0 Å². The highest BCUT2D eigenvalue weighted by Crippen LogP contribution is 2.40. The summed E-state index contributed by atoms with van der Waals surface area (Å²) in [4.78, 5) is 15.1. The number of rotatable bonds is 6. The second-order valence-electron chi connectivity index (χ2n) is 7.06. The van der Waals surface area contributed by atoms with Crippen LogP contribution in [-0.2, 0) is 11.4 Å². The van der Waals surface area contributed by atoms with Crippen molar-refractivity contribution in [1.29, 1.82) is 0 Å². The molecule has 0 aromatic heterocycles. The van der Waals surface area contributed by atoms with Gasteiger partial charge in [0, 0.05) is 5.02 Å². The maximum Gasteiger partial charge on any atom is 0.270 e. The Balaban J connectivity index is 1.54. The third-order valence-electron chi connectivity index (χ3n) is 4.80. The molecule has 0 bridgehead atoms. The summed E-state index contributed by atoms with van der Waals surface area (Å²) in [7, 11) is 1.54. The van der Waals surface area contributed by atoms with Crippen molar-refractivity contribution in [3.05, 3.63) is 89.6 Å². The van der Waals surface area contributed by atoms with E-state index in [1.165, 1.54) is 23.8 Å². The van der Waals surface area contributed by atoms with Crippen LogP contribution in [0, 0.1) is 0 Å². The van der Waals surface area contributed by atoms with Gasteiger partial charge in [-0.2, -0.15) is 0 Å². The van der Waals surface area contributed by atoms with Crippen LogP contribution in [0.5, 0.6) is 11.5 Å². The van der Waals surface area contributed by atoms with Gasteiger partial charge < -0.3 is 9.47 Å². The van der Waals surface area contributed by atoms with E-state index in [1.807, 2.05) is 36.4 Å². The highest BCUT2D eigenvalue weighted by Gasteiger charge is 2.33. The molecular weight excluding hydrogens is 645 g/mol. The molecule has 1 fully saturated rings. The largest absolute Gasteiger partial charge is 0.495 e. The van der Waals surface area contributed by atoms with Crippen LogP contribution in [-0.4, -0.2) is 17.3 Å². The monoisotopic (exact) mass is 657 g/mol. The van der Waals surface area contributed by atoms with E-state index in [0.717, 1.165) is 20.1 Å². The van der Waals surface area contributed by atoms with Crippen LogP contribution in [0.2, 0.25) is 10.0 Å². The Labute approximate surface area is 233 Å². The highest BCUT2D eigenvalue weighted by atomic mass is 79.9. The summed E-state index contributed by atoms with van der Waals surface area (Å²) in [6.45, 7) is 0.386. The molecule has 4 rings (SSSR count). The highest BCUT2D eigenvalue weighted by molar-refractivity contribution is 9.11. The lowest BCUT2D eigenvalue weighted by molar-refractivity contribution is -0.113. The molecule has 0 radical (unpaired) electrons.